The number of amides is 1. The van der Waals surface area contributed by atoms with Gasteiger partial charge in [-0.15, -0.1) is 0 Å². The van der Waals surface area contributed by atoms with Crippen molar-refractivity contribution in [3.05, 3.63) is 24.3 Å². The second-order valence-corrected chi connectivity index (χ2v) is 4.09. The number of likely N-dealkylation sites (N-methyl/N-ethyl adjacent to an activating group) is 1. The lowest BCUT2D eigenvalue weighted by atomic mass is 9.94. The van der Waals surface area contributed by atoms with Gasteiger partial charge in [0.15, 0.2) is 0 Å². The van der Waals surface area contributed by atoms with Crippen molar-refractivity contribution in [1.29, 1.82) is 0 Å². The topological polar surface area (TPSA) is 29.5 Å². The molecule has 2 atom stereocenters. The summed E-state index contributed by atoms with van der Waals surface area (Å²) in [6, 6.07) is 0. The third-order valence-corrected chi connectivity index (χ3v) is 2.97. The Balaban J connectivity index is 1.84. The van der Waals surface area contributed by atoms with Crippen LogP contribution in [0, 0.1) is 5.92 Å². The lowest BCUT2D eigenvalue weighted by Crippen LogP contribution is -2.25. The van der Waals surface area contributed by atoms with E-state index < -0.39 is 0 Å². The van der Waals surface area contributed by atoms with Gasteiger partial charge in [0.25, 0.3) is 0 Å². The fourth-order valence-electron chi connectivity index (χ4n) is 2.10. The molecule has 0 bridgehead atoms. The Morgan fingerprint density at radius 3 is 3.00 bits per heavy atom. The van der Waals surface area contributed by atoms with E-state index in [4.69, 9.17) is 4.74 Å². The molecule has 0 aromatic carbocycles. The Bertz CT molecular complexity index is 296. The largest absolute Gasteiger partial charge is 0.444 e. The van der Waals surface area contributed by atoms with Crippen molar-refractivity contribution in [2.75, 3.05) is 13.1 Å². The molecule has 2 unspecified atom stereocenters. The van der Waals surface area contributed by atoms with Gasteiger partial charge in [-0.1, -0.05) is 24.3 Å². The zero-order valence-electron chi connectivity index (χ0n) is 9.06. The van der Waals surface area contributed by atoms with Crippen LogP contribution in [-0.4, -0.2) is 30.2 Å². The lowest BCUT2D eigenvalue weighted by Gasteiger charge is -2.16. The highest BCUT2D eigenvalue weighted by molar-refractivity contribution is 5.69. The average molecular weight is 207 g/mol. The van der Waals surface area contributed by atoms with Crippen molar-refractivity contribution >= 4 is 6.09 Å². The summed E-state index contributed by atoms with van der Waals surface area (Å²) in [5.74, 6) is 0.532. The number of rotatable bonds is 3. The van der Waals surface area contributed by atoms with Crippen LogP contribution in [-0.2, 0) is 4.74 Å². The Labute approximate surface area is 90.4 Å². The van der Waals surface area contributed by atoms with Crippen LogP contribution in [0.2, 0.25) is 0 Å². The molecule has 1 heterocycles. The number of allylic oxidation sites excluding steroid dienone is 4. The molecule has 1 saturated heterocycles. The SMILES string of the molecule is CCN1CC(CC2C=CC=CC2)OC1=O. The summed E-state index contributed by atoms with van der Waals surface area (Å²) in [6.45, 7) is 3.48. The van der Waals surface area contributed by atoms with E-state index in [0.717, 1.165) is 25.9 Å². The molecule has 82 valence electrons. The quantitative estimate of drug-likeness (QED) is 0.711. The van der Waals surface area contributed by atoms with E-state index in [0.29, 0.717) is 5.92 Å². The molecule has 15 heavy (non-hydrogen) atoms. The molecular weight excluding hydrogens is 190 g/mol. The first kappa shape index (κ1) is 10.3. The van der Waals surface area contributed by atoms with Gasteiger partial charge in [-0.3, -0.25) is 0 Å². The third-order valence-electron chi connectivity index (χ3n) is 2.97. The van der Waals surface area contributed by atoms with Crippen molar-refractivity contribution in [2.45, 2.75) is 25.9 Å². The molecule has 1 aliphatic carbocycles. The van der Waals surface area contributed by atoms with Crippen LogP contribution in [0.25, 0.3) is 0 Å². The van der Waals surface area contributed by atoms with Crippen molar-refractivity contribution in [3.8, 4) is 0 Å². The molecule has 2 aliphatic rings. The van der Waals surface area contributed by atoms with Crippen LogP contribution in [0.15, 0.2) is 24.3 Å². The zero-order chi connectivity index (χ0) is 10.7. The number of carbonyl (C=O) groups is 1. The smallest absolute Gasteiger partial charge is 0.410 e. The van der Waals surface area contributed by atoms with E-state index in [1.165, 1.54) is 0 Å². The number of hydrogen-bond acceptors (Lipinski definition) is 2. The van der Waals surface area contributed by atoms with E-state index in [2.05, 4.69) is 24.3 Å². The van der Waals surface area contributed by atoms with Crippen molar-refractivity contribution < 1.29 is 9.53 Å². The molecule has 0 spiro atoms. The maximum absolute atomic E-state index is 11.3. The molecule has 0 radical (unpaired) electrons. The predicted molar refractivity (Wildman–Crippen MR) is 58.5 cm³/mol. The fourth-order valence-corrected chi connectivity index (χ4v) is 2.10. The number of cyclic esters (lactones) is 1. The molecule has 0 saturated carbocycles. The van der Waals surface area contributed by atoms with Crippen LogP contribution in [0.3, 0.4) is 0 Å². The van der Waals surface area contributed by atoms with E-state index in [-0.39, 0.29) is 12.2 Å². The van der Waals surface area contributed by atoms with Gasteiger partial charge in [0.2, 0.25) is 0 Å². The lowest BCUT2D eigenvalue weighted by molar-refractivity contribution is 0.124. The first-order valence-electron chi connectivity index (χ1n) is 5.58. The monoisotopic (exact) mass is 207 g/mol. The molecule has 3 nitrogen and oxygen atoms in total. The van der Waals surface area contributed by atoms with Gasteiger partial charge >= 0.3 is 6.09 Å². The summed E-state index contributed by atoms with van der Waals surface area (Å²) in [4.78, 5) is 13.1. The van der Waals surface area contributed by atoms with Gasteiger partial charge < -0.3 is 9.64 Å². The fraction of sp³-hybridized carbons (Fsp3) is 0.583. The molecule has 2 rings (SSSR count). The standard InChI is InChI=1S/C12H17NO2/c1-2-13-9-11(15-12(13)14)8-10-6-4-3-5-7-10/h3-6,10-11H,2,7-9H2,1H3. The summed E-state index contributed by atoms with van der Waals surface area (Å²) in [6.07, 6.45) is 10.4. The van der Waals surface area contributed by atoms with Crippen LogP contribution in [0.5, 0.6) is 0 Å². The Hall–Kier alpha value is -1.25. The van der Waals surface area contributed by atoms with Crippen molar-refractivity contribution in [1.82, 2.24) is 4.90 Å². The van der Waals surface area contributed by atoms with E-state index in [1.807, 2.05) is 6.92 Å². The first-order chi connectivity index (χ1) is 7.29. The maximum atomic E-state index is 11.3. The van der Waals surface area contributed by atoms with Gasteiger partial charge in [0.05, 0.1) is 6.54 Å². The number of carbonyl (C=O) groups excluding carboxylic acids is 1. The first-order valence-corrected chi connectivity index (χ1v) is 5.58. The van der Waals surface area contributed by atoms with Gasteiger partial charge in [0, 0.05) is 6.54 Å². The van der Waals surface area contributed by atoms with Crippen molar-refractivity contribution in [3.63, 3.8) is 0 Å². The summed E-state index contributed by atoms with van der Waals surface area (Å²) >= 11 is 0. The number of ether oxygens (including phenoxy) is 1. The minimum absolute atomic E-state index is 0.0820. The zero-order valence-corrected chi connectivity index (χ0v) is 9.06. The molecular formula is C12H17NO2. The van der Waals surface area contributed by atoms with Crippen LogP contribution in [0.4, 0.5) is 4.79 Å². The summed E-state index contributed by atoms with van der Waals surface area (Å²) in [7, 11) is 0. The highest BCUT2D eigenvalue weighted by Gasteiger charge is 2.31. The van der Waals surface area contributed by atoms with Crippen LogP contribution in [0.1, 0.15) is 19.8 Å². The second kappa shape index (κ2) is 4.51. The Morgan fingerprint density at radius 1 is 1.53 bits per heavy atom. The van der Waals surface area contributed by atoms with E-state index in [1.54, 1.807) is 4.90 Å². The van der Waals surface area contributed by atoms with Gasteiger partial charge in [-0.05, 0) is 25.7 Å². The third kappa shape index (κ3) is 2.41. The molecule has 0 N–H and O–H groups in total. The molecule has 0 aromatic rings. The van der Waals surface area contributed by atoms with Crippen LogP contribution < -0.4 is 0 Å². The summed E-state index contributed by atoms with van der Waals surface area (Å²) in [5.41, 5.74) is 0. The second-order valence-electron chi connectivity index (χ2n) is 4.09. The van der Waals surface area contributed by atoms with Crippen LogP contribution >= 0.6 is 0 Å². The molecule has 3 heteroatoms. The normalized spacial score (nSPS) is 29.7. The molecule has 1 fully saturated rings. The average Bonchev–Trinajstić information content (AvgIpc) is 2.60. The minimum atomic E-state index is -0.155. The van der Waals surface area contributed by atoms with Gasteiger partial charge in [-0.2, -0.15) is 0 Å². The Kier molecular flexibility index (Phi) is 3.09. The molecule has 1 amide bonds. The molecule has 1 aliphatic heterocycles. The summed E-state index contributed by atoms with van der Waals surface area (Å²) < 4.78 is 5.30. The summed E-state index contributed by atoms with van der Waals surface area (Å²) in [5, 5.41) is 0. The highest BCUT2D eigenvalue weighted by atomic mass is 16.6. The number of nitrogens with zero attached hydrogens (tertiary/aromatic N) is 1. The van der Waals surface area contributed by atoms with E-state index >= 15 is 0 Å². The maximum Gasteiger partial charge on any atom is 0.410 e. The number of hydrogen-bond donors (Lipinski definition) is 0. The van der Waals surface area contributed by atoms with Gasteiger partial charge in [0.1, 0.15) is 6.10 Å². The van der Waals surface area contributed by atoms with E-state index in [9.17, 15) is 4.79 Å². The molecule has 0 aromatic heterocycles. The van der Waals surface area contributed by atoms with Gasteiger partial charge in [-0.25, -0.2) is 4.79 Å². The Morgan fingerprint density at radius 2 is 2.40 bits per heavy atom. The highest BCUT2D eigenvalue weighted by Crippen LogP contribution is 2.23. The van der Waals surface area contributed by atoms with Crippen molar-refractivity contribution in [2.24, 2.45) is 5.92 Å². The predicted octanol–water partition coefficient (Wildman–Crippen LogP) is 2.35. The minimum Gasteiger partial charge on any atom is -0.444 e.